The van der Waals surface area contributed by atoms with Crippen LogP contribution in [0.2, 0.25) is 0 Å². The van der Waals surface area contributed by atoms with Crippen molar-refractivity contribution in [2.24, 2.45) is 11.7 Å². The highest BCUT2D eigenvalue weighted by molar-refractivity contribution is 5.72. The summed E-state index contributed by atoms with van der Waals surface area (Å²) in [5, 5.41) is 8.44. The van der Waals surface area contributed by atoms with Crippen LogP contribution >= 0.6 is 0 Å². The summed E-state index contributed by atoms with van der Waals surface area (Å²) >= 11 is 0. The maximum absolute atomic E-state index is 10.3. The normalized spacial score (nSPS) is 8.46. The van der Waals surface area contributed by atoms with E-state index >= 15 is 0 Å². The van der Waals surface area contributed by atoms with Crippen LogP contribution in [0.15, 0.2) is 24.3 Å². The first kappa shape index (κ1) is 11.4. The molecule has 0 aliphatic heterocycles. The summed E-state index contributed by atoms with van der Waals surface area (Å²) in [6, 6.07) is 6.96. The smallest absolute Gasteiger partial charge is 0.307 e. The van der Waals surface area contributed by atoms with Gasteiger partial charge < -0.3 is 10.8 Å². The Hall–Kier alpha value is -1.59. The van der Waals surface area contributed by atoms with Gasteiger partial charge >= 0.3 is 5.97 Å². The lowest BCUT2D eigenvalue weighted by molar-refractivity contribution is -0.136. The number of aliphatic carboxylic acids is 1. The Morgan fingerprint density at radius 1 is 1.31 bits per heavy atom. The molecule has 0 atom stereocenters. The molecule has 72 valence electrons. The lowest BCUT2D eigenvalue weighted by Crippen LogP contribution is -2.02. The van der Waals surface area contributed by atoms with Crippen LogP contribution in [0.4, 0.5) is 5.69 Å². The SMILES string of the molecule is NN.Nc1ccccc1CC(=O)O. The van der Waals surface area contributed by atoms with Gasteiger partial charge in [0.25, 0.3) is 0 Å². The number of carboxylic acids is 1. The molecular weight excluding hydrogens is 170 g/mol. The van der Waals surface area contributed by atoms with Gasteiger partial charge in [-0.05, 0) is 11.6 Å². The molecule has 0 aliphatic carbocycles. The number of rotatable bonds is 2. The Kier molecular flexibility index (Phi) is 5.25. The number of para-hydroxylation sites is 1. The summed E-state index contributed by atoms with van der Waals surface area (Å²) in [4.78, 5) is 10.3. The topological polar surface area (TPSA) is 115 Å². The summed E-state index contributed by atoms with van der Waals surface area (Å²) in [6.45, 7) is 0. The quantitative estimate of drug-likeness (QED) is 0.286. The van der Waals surface area contributed by atoms with Crippen molar-refractivity contribution in [3.63, 3.8) is 0 Å². The number of nitrogen functional groups attached to an aromatic ring is 1. The predicted octanol–water partition coefficient (Wildman–Crippen LogP) is -0.285. The van der Waals surface area contributed by atoms with E-state index in [-0.39, 0.29) is 6.42 Å². The van der Waals surface area contributed by atoms with Crippen LogP contribution in [-0.2, 0) is 11.2 Å². The van der Waals surface area contributed by atoms with E-state index < -0.39 is 5.97 Å². The number of nitrogens with two attached hydrogens (primary N) is 3. The first-order chi connectivity index (χ1) is 6.20. The Morgan fingerprint density at radius 3 is 2.31 bits per heavy atom. The monoisotopic (exact) mass is 183 g/mol. The molecule has 0 saturated heterocycles. The van der Waals surface area contributed by atoms with Gasteiger partial charge in [-0.2, -0.15) is 0 Å². The van der Waals surface area contributed by atoms with Gasteiger partial charge in [-0.15, -0.1) is 0 Å². The molecule has 5 nitrogen and oxygen atoms in total. The summed E-state index contributed by atoms with van der Waals surface area (Å²) in [7, 11) is 0. The minimum absolute atomic E-state index is 0.00727. The number of hydrogen-bond donors (Lipinski definition) is 4. The van der Waals surface area contributed by atoms with Crippen molar-refractivity contribution < 1.29 is 9.90 Å². The summed E-state index contributed by atoms with van der Waals surface area (Å²) < 4.78 is 0. The van der Waals surface area contributed by atoms with Crippen LogP contribution < -0.4 is 17.4 Å². The van der Waals surface area contributed by atoms with Crippen LogP contribution in [0.25, 0.3) is 0 Å². The molecular formula is C8H13N3O2. The first-order valence-corrected chi connectivity index (χ1v) is 3.58. The maximum atomic E-state index is 10.3. The number of carbonyl (C=O) groups is 1. The molecule has 0 radical (unpaired) electrons. The molecule has 0 fully saturated rings. The number of anilines is 1. The Bertz CT molecular complexity index is 276. The van der Waals surface area contributed by atoms with Crippen molar-refractivity contribution >= 4 is 11.7 Å². The molecule has 0 saturated carbocycles. The third-order valence-electron chi connectivity index (χ3n) is 1.40. The largest absolute Gasteiger partial charge is 0.481 e. The zero-order valence-corrected chi connectivity index (χ0v) is 7.10. The summed E-state index contributed by atoms with van der Waals surface area (Å²) in [5.41, 5.74) is 6.71. The highest BCUT2D eigenvalue weighted by Gasteiger charge is 2.01. The van der Waals surface area contributed by atoms with Gasteiger partial charge in [0.1, 0.15) is 0 Å². The van der Waals surface area contributed by atoms with Gasteiger partial charge in [0.05, 0.1) is 6.42 Å². The van der Waals surface area contributed by atoms with E-state index in [1.807, 2.05) is 0 Å². The average molecular weight is 183 g/mol. The zero-order chi connectivity index (χ0) is 10.3. The molecule has 0 bridgehead atoms. The van der Waals surface area contributed by atoms with Crippen molar-refractivity contribution in [1.29, 1.82) is 0 Å². The second-order valence-corrected chi connectivity index (χ2v) is 2.27. The van der Waals surface area contributed by atoms with Crippen molar-refractivity contribution in [2.75, 3.05) is 5.73 Å². The van der Waals surface area contributed by atoms with Crippen molar-refractivity contribution in [1.82, 2.24) is 0 Å². The molecule has 5 heteroatoms. The Morgan fingerprint density at radius 2 is 1.85 bits per heavy atom. The molecule has 0 spiro atoms. The molecule has 1 rings (SSSR count). The summed E-state index contributed by atoms with van der Waals surface area (Å²) in [5.74, 6) is 7.14. The molecule has 7 N–H and O–H groups in total. The van der Waals surface area contributed by atoms with E-state index in [1.54, 1.807) is 24.3 Å². The lowest BCUT2D eigenvalue weighted by Gasteiger charge is -1.99. The lowest BCUT2D eigenvalue weighted by atomic mass is 10.1. The second-order valence-electron chi connectivity index (χ2n) is 2.27. The minimum Gasteiger partial charge on any atom is -0.481 e. The molecule has 1 aromatic rings. The minimum atomic E-state index is -0.858. The zero-order valence-electron chi connectivity index (χ0n) is 7.10. The third kappa shape index (κ3) is 4.09. The Labute approximate surface area is 76.1 Å². The highest BCUT2D eigenvalue weighted by atomic mass is 16.4. The van der Waals surface area contributed by atoms with E-state index in [1.165, 1.54) is 0 Å². The van der Waals surface area contributed by atoms with Crippen LogP contribution in [0.1, 0.15) is 5.56 Å². The van der Waals surface area contributed by atoms with E-state index in [2.05, 4.69) is 11.7 Å². The Balaban J connectivity index is 0.000000671. The van der Waals surface area contributed by atoms with E-state index in [4.69, 9.17) is 10.8 Å². The summed E-state index contributed by atoms with van der Waals surface area (Å²) in [6.07, 6.45) is -0.00727. The van der Waals surface area contributed by atoms with E-state index in [0.717, 1.165) is 0 Å². The fourth-order valence-electron chi connectivity index (χ4n) is 0.858. The number of benzene rings is 1. The van der Waals surface area contributed by atoms with Gasteiger partial charge in [-0.25, -0.2) is 0 Å². The van der Waals surface area contributed by atoms with Crippen molar-refractivity contribution in [3.05, 3.63) is 29.8 Å². The fraction of sp³-hybridized carbons (Fsp3) is 0.125. The number of hydrazine groups is 1. The second kappa shape index (κ2) is 5.99. The van der Waals surface area contributed by atoms with Gasteiger partial charge in [0, 0.05) is 5.69 Å². The first-order valence-electron chi connectivity index (χ1n) is 3.58. The van der Waals surface area contributed by atoms with E-state index in [9.17, 15) is 4.79 Å². The average Bonchev–Trinajstić information content (AvgIpc) is 2.12. The van der Waals surface area contributed by atoms with Crippen LogP contribution in [0.5, 0.6) is 0 Å². The number of carboxylic acid groups (broad SMARTS) is 1. The van der Waals surface area contributed by atoms with Crippen LogP contribution in [0.3, 0.4) is 0 Å². The standard InChI is InChI=1S/C8H9NO2.H4N2/c9-7-4-2-1-3-6(7)5-8(10)11;1-2/h1-4H,5,9H2,(H,10,11);1-2H2. The highest BCUT2D eigenvalue weighted by Crippen LogP contribution is 2.10. The number of hydrogen-bond acceptors (Lipinski definition) is 4. The molecule has 13 heavy (non-hydrogen) atoms. The molecule has 0 aromatic heterocycles. The fourth-order valence-corrected chi connectivity index (χ4v) is 0.858. The molecule has 0 unspecified atom stereocenters. The third-order valence-corrected chi connectivity index (χ3v) is 1.40. The molecule has 1 aromatic carbocycles. The van der Waals surface area contributed by atoms with Crippen LogP contribution in [0, 0.1) is 0 Å². The van der Waals surface area contributed by atoms with E-state index in [0.29, 0.717) is 11.3 Å². The van der Waals surface area contributed by atoms with Crippen molar-refractivity contribution in [3.8, 4) is 0 Å². The molecule has 0 aliphatic rings. The van der Waals surface area contributed by atoms with Gasteiger partial charge in [0.2, 0.25) is 0 Å². The van der Waals surface area contributed by atoms with Gasteiger partial charge in [-0.3, -0.25) is 16.5 Å². The predicted molar refractivity (Wildman–Crippen MR) is 50.6 cm³/mol. The van der Waals surface area contributed by atoms with Crippen LogP contribution in [-0.4, -0.2) is 11.1 Å². The van der Waals surface area contributed by atoms with Gasteiger partial charge in [-0.1, -0.05) is 18.2 Å². The van der Waals surface area contributed by atoms with Crippen molar-refractivity contribution in [2.45, 2.75) is 6.42 Å². The maximum Gasteiger partial charge on any atom is 0.307 e. The van der Waals surface area contributed by atoms with Gasteiger partial charge in [0.15, 0.2) is 0 Å². The molecule has 0 amide bonds. The molecule has 0 heterocycles.